The number of carbonyl (C=O) groups is 3. The van der Waals surface area contributed by atoms with Crippen LogP contribution in [0.5, 0.6) is 0 Å². The zero-order valence-electron chi connectivity index (χ0n) is 15.6. The molecule has 1 aromatic heterocycles. The Morgan fingerprint density at radius 1 is 1.03 bits per heavy atom. The van der Waals surface area contributed by atoms with Gasteiger partial charge in [0.1, 0.15) is 0 Å². The number of benzene rings is 2. The number of likely N-dealkylation sites (N-methyl/N-ethyl adjacent to an activating group) is 1. The number of rotatable bonds is 6. The highest BCUT2D eigenvalue weighted by atomic mass is 35.5. The molecule has 0 spiro atoms. The van der Waals surface area contributed by atoms with Gasteiger partial charge in [-0.25, -0.2) is 9.78 Å². The summed E-state index contributed by atoms with van der Waals surface area (Å²) in [5.41, 5.74) is 2.28. The van der Waals surface area contributed by atoms with E-state index in [0.29, 0.717) is 27.2 Å². The van der Waals surface area contributed by atoms with E-state index in [1.807, 2.05) is 6.07 Å². The van der Waals surface area contributed by atoms with Gasteiger partial charge in [0.15, 0.2) is 6.61 Å². The molecule has 0 saturated heterocycles. The van der Waals surface area contributed by atoms with Gasteiger partial charge in [0.25, 0.3) is 5.91 Å². The minimum absolute atomic E-state index is 0.189. The Hall–Kier alpha value is -3.45. The summed E-state index contributed by atoms with van der Waals surface area (Å²) in [5, 5.41) is 5.95. The number of hydrogen-bond donors (Lipinski definition) is 2. The first-order valence-electron chi connectivity index (χ1n) is 8.78. The molecule has 148 valence electrons. The van der Waals surface area contributed by atoms with E-state index in [-0.39, 0.29) is 12.5 Å². The molecule has 3 aromatic rings. The summed E-state index contributed by atoms with van der Waals surface area (Å²) >= 11 is 5.94. The van der Waals surface area contributed by atoms with Crippen LogP contribution in [0.4, 0.5) is 0 Å². The number of nitrogens with one attached hydrogen (secondary N) is 2. The molecule has 0 aliphatic carbocycles. The Balaban J connectivity index is 1.83. The van der Waals surface area contributed by atoms with Gasteiger partial charge in [-0.1, -0.05) is 41.9 Å². The van der Waals surface area contributed by atoms with Crippen LogP contribution in [0.2, 0.25) is 5.02 Å². The van der Waals surface area contributed by atoms with Crippen LogP contribution < -0.4 is 10.6 Å². The number of ether oxygens (including phenoxy) is 1. The first kappa shape index (κ1) is 20.3. The molecular weight excluding hydrogens is 394 g/mol. The summed E-state index contributed by atoms with van der Waals surface area (Å²) in [4.78, 5) is 40.2. The van der Waals surface area contributed by atoms with Crippen LogP contribution in [-0.4, -0.2) is 43.0 Å². The lowest BCUT2D eigenvalue weighted by Gasteiger charge is -2.10. The lowest BCUT2D eigenvalue weighted by molar-refractivity contribution is -0.127. The maximum atomic E-state index is 12.7. The molecule has 0 saturated carbocycles. The van der Waals surface area contributed by atoms with Gasteiger partial charge in [-0.3, -0.25) is 9.59 Å². The third-order valence-electron chi connectivity index (χ3n) is 4.14. The summed E-state index contributed by atoms with van der Waals surface area (Å²) in [6, 6.07) is 15.9. The highest BCUT2D eigenvalue weighted by molar-refractivity contribution is 6.30. The maximum Gasteiger partial charge on any atom is 0.339 e. The van der Waals surface area contributed by atoms with Gasteiger partial charge in [0.2, 0.25) is 5.91 Å². The zero-order valence-corrected chi connectivity index (χ0v) is 16.3. The topological polar surface area (TPSA) is 97.4 Å². The standard InChI is InChI=1S/C21H18ClN3O4/c1-23-19(26)11-24-20(27)12-29-21(28)16-10-18(13-6-8-14(22)9-7-13)25-17-5-3-2-4-15(16)17/h2-10H,11-12H2,1H3,(H,23,26)(H,24,27). The second-order valence-electron chi connectivity index (χ2n) is 6.11. The molecule has 0 aliphatic rings. The Bertz CT molecular complexity index is 1070. The van der Waals surface area contributed by atoms with E-state index in [1.165, 1.54) is 7.05 Å². The molecule has 0 bridgehead atoms. The molecule has 0 fully saturated rings. The number of halogens is 1. The predicted octanol–water partition coefficient (Wildman–Crippen LogP) is 2.57. The van der Waals surface area contributed by atoms with Crippen LogP contribution in [0.3, 0.4) is 0 Å². The van der Waals surface area contributed by atoms with Crippen molar-refractivity contribution in [3.63, 3.8) is 0 Å². The van der Waals surface area contributed by atoms with Gasteiger partial charge in [-0.05, 0) is 24.3 Å². The van der Waals surface area contributed by atoms with Crippen LogP contribution in [0.25, 0.3) is 22.2 Å². The molecule has 1 heterocycles. The molecule has 0 unspecified atom stereocenters. The lowest BCUT2D eigenvalue weighted by atomic mass is 10.0. The van der Waals surface area contributed by atoms with E-state index in [1.54, 1.807) is 48.5 Å². The van der Waals surface area contributed by atoms with Crippen LogP contribution >= 0.6 is 11.6 Å². The van der Waals surface area contributed by atoms with Gasteiger partial charge >= 0.3 is 5.97 Å². The number of hydrogen-bond acceptors (Lipinski definition) is 5. The quantitative estimate of drug-likeness (QED) is 0.607. The van der Waals surface area contributed by atoms with Crippen molar-refractivity contribution in [1.82, 2.24) is 15.6 Å². The number of amides is 2. The maximum absolute atomic E-state index is 12.7. The van der Waals surface area contributed by atoms with Crippen molar-refractivity contribution in [3.05, 3.63) is 65.2 Å². The van der Waals surface area contributed by atoms with Crippen molar-refractivity contribution in [2.75, 3.05) is 20.2 Å². The first-order chi connectivity index (χ1) is 14.0. The highest BCUT2D eigenvalue weighted by Crippen LogP contribution is 2.26. The number of nitrogens with zero attached hydrogens (tertiary/aromatic N) is 1. The van der Waals surface area contributed by atoms with Crippen LogP contribution in [0.15, 0.2) is 54.6 Å². The summed E-state index contributed by atoms with van der Waals surface area (Å²) in [5.74, 6) is -1.58. The fraction of sp³-hybridized carbons (Fsp3) is 0.143. The summed E-state index contributed by atoms with van der Waals surface area (Å²) in [7, 11) is 1.46. The van der Waals surface area contributed by atoms with Crippen LogP contribution in [-0.2, 0) is 14.3 Å². The number of esters is 1. The number of aromatic nitrogens is 1. The van der Waals surface area contributed by atoms with Gasteiger partial charge < -0.3 is 15.4 Å². The summed E-state index contributed by atoms with van der Waals surface area (Å²) in [6.45, 7) is -0.686. The predicted molar refractivity (Wildman–Crippen MR) is 110 cm³/mol. The van der Waals surface area contributed by atoms with Crippen molar-refractivity contribution in [2.24, 2.45) is 0 Å². The zero-order chi connectivity index (χ0) is 20.8. The van der Waals surface area contributed by atoms with Gasteiger partial charge in [0.05, 0.1) is 23.3 Å². The Kier molecular flexibility index (Phi) is 6.41. The van der Waals surface area contributed by atoms with Crippen molar-refractivity contribution in [2.45, 2.75) is 0 Å². The number of fused-ring (bicyclic) bond motifs is 1. The van der Waals surface area contributed by atoms with E-state index in [0.717, 1.165) is 5.56 Å². The molecule has 7 nitrogen and oxygen atoms in total. The second-order valence-corrected chi connectivity index (χ2v) is 6.54. The molecule has 2 aromatic carbocycles. The van der Waals surface area contributed by atoms with E-state index in [2.05, 4.69) is 15.6 Å². The molecule has 0 atom stereocenters. The third-order valence-corrected chi connectivity index (χ3v) is 4.39. The molecule has 2 N–H and O–H groups in total. The SMILES string of the molecule is CNC(=O)CNC(=O)COC(=O)c1cc(-c2ccc(Cl)cc2)nc2ccccc12. The van der Waals surface area contributed by atoms with Gasteiger partial charge in [-0.2, -0.15) is 0 Å². The minimum Gasteiger partial charge on any atom is -0.452 e. The van der Waals surface area contributed by atoms with E-state index < -0.39 is 18.5 Å². The normalized spacial score (nSPS) is 10.4. The molecular formula is C21H18ClN3O4. The smallest absolute Gasteiger partial charge is 0.339 e. The largest absolute Gasteiger partial charge is 0.452 e. The van der Waals surface area contributed by atoms with Crippen molar-refractivity contribution < 1.29 is 19.1 Å². The molecule has 2 amide bonds. The fourth-order valence-electron chi connectivity index (χ4n) is 2.64. The van der Waals surface area contributed by atoms with Crippen LogP contribution in [0.1, 0.15) is 10.4 Å². The van der Waals surface area contributed by atoms with E-state index in [4.69, 9.17) is 16.3 Å². The monoisotopic (exact) mass is 411 g/mol. The van der Waals surface area contributed by atoms with Crippen molar-refractivity contribution in [1.29, 1.82) is 0 Å². The average Bonchev–Trinajstić information content (AvgIpc) is 2.75. The van der Waals surface area contributed by atoms with E-state index in [9.17, 15) is 14.4 Å². The lowest BCUT2D eigenvalue weighted by Crippen LogP contribution is -2.37. The molecule has 29 heavy (non-hydrogen) atoms. The van der Waals surface area contributed by atoms with Crippen molar-refractivity contribution >= 4 is 40.3 Å². The van der Waals surface area contributed by atoms with Gasteiger partial charge in [0, 0.05) is 23.0 Å². The average molecular weight is 412 g/mol. The fourth-order valence-corrected chi connectivity index (χ4v) is 2.77. The Morgan fingerprint density at radius 2 is 1.76 bits per heavy atom. The summed E-state index contributed by atoms with van der Waals surface area (Å²) < 4.78 is 5.14. The third kappa shape index (κ3) is 5.08. The highest BCUT2D eigenvalue weighted by Gasteiger charge is 2.16. The number of para-hydroxylation sites is 1. The number of pyridine rings is 1. The minimum atomic E-state index is -0.658. The van der Waals surface area contributed by atoms with Gasteiger partial charge in [-0.15, -0.1) is 0 Å². The first-order valence-corrected chi connectivity index (χ1v) is 9.16. The van der Waals surface area contributed by atoms with Crippen molar-refractivity contribution in [3.8, 4) is 11.3 Å². The van der Waals surface area contributed by atoms with E-state index >= 15 is 0 Å². The van der Waals surface area contributed by atoms with Crippen LogP contribution in [0, 0.1) is 0 Å². The summed E-state index contributed by atoms with van der Waals surface area (Å²) in [6.07, 6.45) is 0. The molecule has 0 aliphatic heterocycles. The molecule has 0 radical (unpaired) electrons. The molecule has 3 rings (SSSR count). The second kappa shape index (κ2) is 9.16. The molecule has 8 heteroatoms. The Morgan fingerprint density at radius 3 is 2.48 bits per heavy atom. The Labute approximate surface area is 172 Å². The number of carbonyl (C=O) groups excluding carboxylic acids is 3.